The number of rotatable bonds is 6. The van der Waals surface area contributed by atoms with Crippen molar-refractivity contribution < 1.29 is 0 Å². The number of nitrogens with zero attached hydrogens (tertiary/aromatic N) is 3. The van der Waals surface area contributed by atoms with Gasteiger partial charge in [-0.15, -0.1) is 11.3 Å². The third-order valence-electron chi connectivity index (χ3n) is 3.27. The first-order valence-corrected chi connectivity index (χ1v) is 8.19. The lowest BCUT2D eigenvalue weighted by atomic mass is 10.3. The van der Waals surface area contributed by atoms with Gasteiger partial charge in [-0.25, -0.2) is 4.99 Å². The Morgan fingerprint density at radius 1 is 1.43 bits per heavy atom. The van der Waals surface area contributed by atoms with Crippen LogP contribution in [0, 0.1) is 0 Å². The summed E-state index contributed by atoms with van der Waals surface area (Å²) < 4.78 is 2.05. The summed E-state index contributed by atoms with van der Waals surface area (Å²) in [7, 11) is 4.13. The molecule has 0 aliphatic rings. The van der Waals surface area contributed by atoms with Gasteiger partial charge in [-0.2, -0.15) is 0 Å². The molecule has 21 heavy (non-hydrogen) atoms. The predicted octanol–water partition coefficient (Wildman–Crippen LogP) is 2.73. The van der Waals surface area contributed by atoms with E-state index in [1.807, 2.05) is 18.4 Å². The summed E-state index contributed by atoms with van der Waals surface area (Å²) in [4.78, 5) is 8.34. The van der Waals surface area contributed by atoms with Crippen molar-refractivity contribution in [2.45, 2.75) is 19.9 Å². The van der Waals surface area contributed by atoms with Gasteiger partial charge in [-0.05, 0) is 36.4 Å². The van der Waals surface area contributed by atoms with Crippen LogP contribution in [0.4, 0.5) is 0 Å². The molecule has 2 rings (SSSR count). The Labute approximate surface area is 131 Å². The number of aromatic nitrogens is 1. The minimum Gasteiger partial charge on any atom is -0.357 e. The summed E-state index contributed by atoms with van der Waals surface area (Å²) in [6.07, 6.45) is 5.22. The van der Waals surface area contributed by atoms with Crippen LogP contribution >= 0.6 is 11.3 Å². The highest BCUT2D eigenvalue weighted by molar-refractivity contribution is 7.09. The highest BCUT2D eigenvalue weighted by atomic mass is 32.1. The first-order valence-electron chi connectivity index (χ1n) is 7.31. The van der Waals surface area contributed by atoms with Crippen molar-refractivity contribution in [3.63, 3.8) is 0 Å². The van der Waals surface area contributed by atoms with Gasteiger partial charge < -0.3 is 14.8 Å². The number of likely N-dealkylation sites (N-methyl/N-ethyl adjacent to an activating group) is 1. The van der Waals surface area contributed by atoms with Gasteiger partial charge in [-0.1, -0.05) is 6.07 Å². The van der Waals surface area contributed by atoms with E-state index in [0.717, 1.165) is 25.5 Å². The maximum atomic E-state index is 4.72. The quantitative estimate of drug-likeness (QED) is 0.657. The average Bonchev–Trinajstić information content (AvgIpc) is 3.12. The molecule has 4 nitrogen and oxygen atoms in total. The molecule has 0 fully saturated rings. The lowest BCUT2D eigenvalue weighted by Crippen LogP contribution is -2.39. The highest BCUT2D eigenvalue weighted by Gasteiger charge is 2.06. The molecule has 0 amide bonds. The second-order valence-electron chi connectivity index (χ2n) is 5.11. The number of hydrogen-bond acceptors (Lipinski definition) is 2. The Balaban J connectivity index is 1.92. The lowest BCUT2D eigenvalue weighted by Gasteiger charge is -2.21. The molecule has 0 saturated carbocycles. The van der Waals surface area contributed by atoms with Crippen LogP contribution in [-0.2, 0) is 20.0 Å². The molecular weight excluding hydrogens is 280 g/mol. The average molecular weight is 304 g/mol. The Morgan fingerprint density at radius 2 is 2.29 bits per heavy atom. The van der Waals surface area contributed by atoms with Crippen LogP contribution in [0.3, 0.4) is 0 Å². The number of guanidine groups is 1. The lowest BCUT2D eigenvalue weighted by molar-refractivity contribution is 0.486. The molecule has 1 N–H and O–H groups in total. The maximum Gasteiger partial charge on any atom is 0.193 e. The van der Waals surface area contributed by atoms with Crippen LogP contribution in [0.25, 0.3) is 0 Å². The van der Waals surface area contributed by atoms with Crippen molar-refractivity contribution >= 4 is 17.3 Å². The summed E-state index contributed by atoms with van der Waals surface area (Å²) in [5.41, 5.74) is 1.24. The first-order chi connectivity index (χ1) is 10.2. The van der Waals surface area contributed by atoms with Crippen molar-refractivity contribution in [1.29, 1.82) is 0 Å². The van der Waals surface area contributed by atoms with Crippen LogP contribution in [0.5, 0.6) is 0 Å². The molecular formula is C16H24N4S. The van der Waals surface area contributed by atoms with Gasteiger partial charge in [-0.3, -0.25) is 0 Å². The normalized spacial score (nSPS) is 11.7. The standard InChI is InChI=1S/C16H24N4S/c1-4-17-16(18-12-14-7-9-19(2)13-14)20(3)10-8-15-6-5-11-21-15/h5-7,9,11,13H,4,8,10,12H2,1-3H3,(H,17,18). The van der Waals surface area contributed by atoms with E-state index in [2.05, 4.69) is 64.7 Å². The molecule has 0 radical (unpaired) electrons. The van der Waals surface area contributed by atoms with Crippen LogP contribution in [0.2, 0.25) is 0 Å². The van der Waals surface area contributed by atoms with Gasteiger partial charge in [0.05, 0.1) is 6.54 Å². The third-order valence-corrected chi connectivity index (χ3v) is 4.21. The molecule has 114 valence electrons. The summed E-state index contributed by atoms with van der Waals surface area (Å²) in [6, 6.07) is 6.40. The first kappa shape index (κ1) is 15.6. The van der Waals surface area contributed by atoms with Gasteiger partial charge in [0, 0.05) is 44.5 Å². The van der Waals surface area contributed by atoms with Crippen LogP contribution in [0.15, 0.2) is 41.0 Å². The van der Waals surface area contributed by atoms with E-state index in [1.54, 1.807) is 0 Å². The number of aliphatic imine (C=N–C) groups is 1. The number of thiophene rings is 1. The van der Waals surface area contributed by atoms with E-state index < -0.39 is 0 Å². The summed E-state index contributed by atoms with van der Waals surface area (Å²) in [5, 5.41) is 5.49. The fourth-order valence-electron chi connectivity index (χ4n) is 2.13. The third kappa shape index (κ3) is 4.93. The number of hydrogen-bond donors (Lipinski definition) is 1. The second kappa shape index (κ2) is 7.88. The van der Waals surface area contributed by atoms with E-state index in [9.17, 15) is 0 Å². The second-order valence-corrected chi connectivity index (χ2v) is 6.14. The molecule has 2 aromatic heterocycles. The molecule has 0 atom stereocenters. The molecule has 0 aliphatic heterocycles. The Bertz CT molecular complexity index is 557. The molecule has 2 heterocycles. The SMILES string of the molecule is CCNC(=NCc1ccn(C)c1)N(C)CCc1cccs1. The zero-order valence-electron chi connectivity index (χ0n) is 13.0. The minimum atomic E-state index is 0.715. The van der Waals surface area contributed by atoms with E-state index in [-0.39, 0.29) is 0 Å². The van der Waals surface area contributed by atoms with Gasteiger partial charge in [0.25, 0.3) is 0 Å². The topological polar surface area (TPSA) is 32.6 Å². The molecule has 0 aromatic carbocycles. The Hall–Kier alpha value is -1.75. The summed E-state index contributed by atoms with van der Waals surface area (Å²) >= 11 is 1.81. The van der Waals surface area contributed by atoms with Crippen LogP contribution in [-0.4, -0.2) is 35.6 Å². The van der Waals surface area contributed by atoms with Crippen molar-refractivity contribution in [3.8, 4) is 0 Å². The van der Waals surface area contributed by atoms with Gasteiger partial charge >= 0.3 is 0 Å². The van der Waals surface area contributed by atoms with Crippen molar-refractivity contribution in [3.05, 3.63) is 46.4 Å². The van der Waals surface area contributed by atoms with Crippen molar-refractivity contribution in [1.82, 2.24) is 14.8 Å². The van der Waals surface area contributed by atoms with E-state index in [0.29, 0.717) is 6.54 Å². The van der Waals surface area contributed by atoms with Gasteiger partial charge in [0.2, 0.25) is 0 Å². The molecule has 5 heteroatoms. The van der Waals surface area contributed by atoms with Gasteiger partial charge in [0.1, 0.15) is 0 Å². The monoisotopic (exact) mass is 304 g/mol. The zero-order valence-corrected chi connectivity index (χ0v) is 13.9. The molecule has 0 spiro atoms. The van der Waals surface area contributed by atoms with Crippen LogP contribution < -0.4 is 5.32 Å². The predicted molar refractivity (Wildman–Crippen MR) is 90.9 cm³/mol. The fourth-order valence-corrected chi connectivity index (χ4v) is 2.83. The maximum absolute atomic E-state index is 4.72. The van der Waals surface area contributed by atoms with Crippen molar-refractivity contribution in [2.24, 2.45) is 12.0 Å². The summed E-state index contributed by atoms with van der Waals surface area (Å²) in [6.45, 7) is 4.68. The van der Waals surface area contributed by atoms with Gasteiger partial charge in [0.15, 0.2) is 5.96 Å². The molecule has 0 aliphatic carbocycles. The Kier molecular flexibility index (Phi) is 5.87. The fraction of sp³-hybridized carbons (Fsp3) is 0.438. The largest absolute Gasteiger partial charge is 0.357 e. The Morgan fingerprint density at radius 3 is 2.90 bits per heavy atom. The smallest absolute Gasteiger partial charge is 0.193 e. The molecule has 0 bridgehead atoms. The zero-order chi connectivity index (χ0) is 15.1. The van der Waals surface area contributed by atoms with E-state index in [1.165, 1.54) is 10.4 Å². The molecule has 0 saturated heterocycles. The van der Waals surface area contributed by atoms with Crippen molar-refractivity contribution in [2.75, 3.05) is 20.1 Å². The van der Waals surface area contributed by atoms with Crippen LogP contribution in [0.1, 0.15) is 17.4 Å². The molecule has 2 aromatic rings. The number of aryl methyl sites for hydroxylation is 1. The van der Waals surface area contributed by atoms with E-state index >= 15 is 0 Å². The summed E-state index contributed by atoms with van der Waals surface area (Å²) in [5.74, 6) is 0.970. The molecule has 0 unspecified atom stereocenters. The highest BCUT2D eigenvalue weighted by Crippen LogP contribution is 2.09. The van der Waals surface area contributed by atoms with E-state index in [4.69, 9.17) is 4.99 Å². The number of nitrogens with one attached hydrogen (secondary N) is 1. The minimum absolute atomic E-state index is 0.715.